The summed E-state index contributed by atoms with van der Waals surface area (Å²) in [6.07, 6.45) is 1.74. The quantitative estimate of drug-likeness (QED) is 0.530. The molecule has 0 atom stereocenters. The highest BCUT2D eigenvalue weighted by molar-refractivity contribution is 5.42. The van der Waals surface area contributed by atoms with Crippen LogP contribution < -0.4 is 11.3 Å². The van der Waals surface area contributed by atoms with Crippen molar-refractivity contribution in [1.82, 2.24) is 14.8 Å². The van der Waals surface area contributed by atoms with E-state index in [1.807, 2.05) is 26.0 Å². The van der Waals surface area contributed by atoms with Crippen molar-refractivity contribution in [1.29, 1.82) is 0 Å². The normalized spacial score (nSPS) is 18.2. The van der Waals surface area contributed by atoms with Gasteiger partial charge >= 0.3 is 0 Å². The number of aliphatic hydroxyl groups is 1. The van der Waals surface area contributed by atoms with Crippen LogP contribution in [0.4, 0.5) is 5.82 Å². The molecule has 0 spiro atoms. The molecule has 0 amide bonds. The molecule has 2 heterocycles. The summed E-state index contributed by atoms with van der Waals surface area (Å²) in [6.45, 7) is 9.24. The number of aromatic nitrogens is 1. The Labute approximate surface area is 120 Å². The van der Waals surface area contributed by atoms with Crippen molar-refractivity contribution in [2.75, 3.05) is 38.1 Å². The molecule has 6 nitrogen and oxygen atoms in total. The van der Waals surface area contributed by atoms with Crippen LogP contribution >= 0.6 is 0 Å². The Bertz CT molecular complexity index is 424. The number of hydrazine groups is 1. The molecule has 1 aromatic heterocycles. The number of nitrogens with two attached hydrogens (primary N) is 1. The van der Waals surface area contributed by atoms with Crippen LogP contribution in [0.25, 0.3) is 0 Å². The third kappa shape index (κ3) is 4.42. The van der Waals surface area contributed by atoms with E-state index in [1.54, 1.807) is 6.20 Å². The number of nitrogens with one attached hydrogen (secondary N) is 1. The fourth-order valence-electron chi connectivity index (χ4n) is 2.59. The first-order valence-corrected chi connectivity index (χ1v) is 7.05. The molecule has 112 valence electrons. The molecule has 0 aromatic carbocycles. The zero-order chi connectivity index (χ0) is 14.6. The minimum Gasteiger partial charge on any atom is -0.389 e. The number of pyridine rings is 1. The summed E-state index contributed by atoms with van der Waals surface area (Å²) in [6, 6.07) is 3.98. The van der Waals surface area contributed by atoms with E-state index in [0.29, 0.717) is 0 Å². The van der Waals surface area contributed by atoms with Crippen LogP contribution in [0.2, 0.25) is 0 Å². The van der Waals surface area contributed by atoms with E-state index in [1.165, 1.54) is 0 Å². The largest absolute Gasteiger partial charge is 0.389 e. The smallest absolute Gasteiger partial charge is 0.144 e. The molecule has 2 rings (SSSR count). The maximum absolute atomic E-state index is 9.85. The number of nitrogens with zero attached hydrogens (tertiary/aromatic N) is 3. The standard InChI is InChI=1S/C14H25N5O/c1-14(2,20)11-19-8-6-18(7-9-19)10-12-4-3-5-16-13(12)17-15/h3-5,20H,6-11,15H2,1-2H3,(H,16,17). The molecule has 0 aliphatic carbocycles. The lowest BCUT2D eigenvalue weighted by Gasteiger charge is -2.37. The highest BCUT2D eigenvalue weighted by Gasteiger charge is 2.23. The van der Waals surface area contributed by atoms with Crippen molar-refractivity contribution in [2.45, 2.75) is 26.0 Å². The van der Waals surface area contributed by atoms with Gasteiger partial charge in [-0.05, 0) is 19.9 Å². The van der Waals surface area contributed by atoms with Crippen LogP contribution in [0.3, 0.4) is 0 Å². The monoisotopic (exact) mass is 279 g/mol. The highest BCUT2D eigenvalue weighted by atomic mass is 16.3. The molecule has 20 heavy (non-hydrogen) atoms. The Morgan fingerprint density at radius 1 is 1.30 bits per heavy atom. The van der Waals surface area contributed by atoms with E-state index in [9.17, 15) is 5.11 Å². The maximum atomic E-state index is 9.85. The molecular formula is C14H25N5O. The molecule has 0 bridgehead atoms. The number of hydrogen-bond acceptors (Lipinski definition) is 6. The van der Waals surface area contributed by atoms with Gasteiger partial charge in [0.15, 0.2) is 0 Å². The van der Waals surface area contributed by atoms with Crippen molar-refractivity contribution in [3.05, 3.63) is 23.9 Å². The summed E-state index contributed by atoms with van der Waals surface area (Å²) in [5, 5.41) is 9.85. The van der Waals surface area contributed by atoms with E-state index in [-0.39, 0.29) is 0 Å². The molecule has 1 aliphatic heterocycles. The minimum absolute atomic E-state index is 0.623. The predicted octanol–water partition coefficient (Wildman–Crippen LogP) is 0.256. The number of anilines is 1. The molecular weight excluding hydrogens is 254 g/mol. The number of piperazine rings is 1. The number of rotatable bonds is 5. The van der Waals surface area contributed by atoms with Gasteiger partial charge in [0, 0.05) is 51.0 Å². The third-order valence-corrected chi connectivity index (χ3v) is 3.50. The summed E-state index contributed by atoms with van der Waals surface area (Å²) in [5.74, 6) is 6.22. The average molecular weight is 279 g/mol. The first-order chi connectivity index (χ1) is 9.48. The Morgan fingerprint density at radius 2 is 1.95 bits per heavy atom. The second-order valence-electron chi connectivity index (χ2n) is 6.02. The molecule has 1 aromatic rings. The van der Waals surface area contributed by atoms with Gasteiger partial charge in [-0.25, -0.2) is 10.8 Å². The van der Waals surface area contributed by atoms with Gasteiger partial charge in [-0.1, -0.05) is 6.07 Å². The fourth-order valence-corrected chi connectivity index (χ4v) is 2.59. The second kappa shape index (κ2) is 6.49. The first kappa shape index (κ1) is 15.2. The lowest BCUT2D eigenvalue weighted by atomic mass is 10.1. The molecule has 1 saturated heterocycles. The van der Waals surface area contributed by atoms with E-state index in [2.05, 4.69) is 20.2 Å². The maximum Gasteiger partial charge on any atom is 0.144 e. The SMILES string of the molecule is CC(C)(O)CN1CCN(Cc2cccnc2NN)CC1. The van der Waals surface area contributed by atoms with Gasteiger partial charge < -0.3 is 10.5 Å². The second-order valence-corrected chi connectivity index (χ2v) is 6.02. The lowest BCUT2D eigenvalue weighted by molar-refractivity contribution is 0.0167. The minimum atomic E-state index is -0.623. The predicted molar refractivity (Wildman–Crippen MR) is 80.1 cm³/mol. The molecule has 0 radical (unpaired) electrons. The zero-order valence-electron chi connectivity index (χ0n) is 12.3. The Morgan fingerprint density at radius 3 is 2.55 bits per heavy atom. The van der Waals surface area contributed by atoms with Gasteiger partial charge in [0.25, 0.3) is 0 Å². The first-order valence-electron chi connectivity index (χ1n) is 7.05. The number of β-amino-alcohol motifs (C(OH)–C–C–N with tert-alkyl or cyclic N) is 1. The van der Waals surface area contributed by atoms with Crippen molar-refractivity contribution < 1.29 is 5.11 Å². The third-order valence-electron chi connectivity index (χ3n) is 3.50. The van der Waals surface area contributed by atoms with E-state index in [0.717, 1.165) is 50.6 Å². The van der Waals surface area contributed by atoms with Gasteiger partial charge in [-0.15, -0.1) is 0 Å². The van der Waals surface area contributed by atoms with Gasteiger partial charge in [0.1, 0.15) is 5.82 Å². The zero-order valence-corrected chi connectivity index (χ0v) is 12.3. The highest BCUT2D eigenvalue weighted by Crippen LogP contribution is 2.15. The average Bonchev–Trinajstić information content (AvgIpc) is 2.40. The Balaban J connectivity index is 1.85. The summed E-state index contributed by atoms with van der Waals surface area (Å²) in [7, 11) is 0. The van der Waals surface area contributed by atoms with Gasteiger partial charge in [-0.3, -0.25) is 9.80 Å². The molecule has 1 fully saturated rings. The Hall–Kier alpha value is -1.21. The molecule has 0 unspecified atom stereocenters. The number of hydrogen-bond donors (Lipinski definition) is 3. The van der Waals surface area contributed by atoms with Crippen LogP contribution in [-0.4, -0.2) is 58.2 Å². The summed E-state index contributed by atoms with van der Waals surface area (Å²) in [4.78, 5) is 8.91. The lowest BCUT2D eigenvalue weighted by Crippen LogP contribution is -2.50. The molecule has 6 heteroatoms. The van der Waals surface area contributed by atoms with Crippen molar-refractivity contribution in [3.8, 4) is 0 Å². The van der Waals surface area contributed by atoms with Gasteiger partial charge in [-0.2, -0.15) is 0 Å². The topological polar surface area (TPSA) is 77.7 Å². The summed E-state index contributed by atoms with van der Waals surface area (Å²) < 4.78 is 0. The van der Waals surface area contributed by atoms with Gasteiger partial charge in [0.2, 0.25) is 0 Å². The molecule has 1 aliphatic rings. The van der Waals surface area contributed by atoms with Gasteiger partial charge in [0.05, 0.1) is 5.60 Å². The van der Waals surface area contributed by atoms with E-state index in [4.69, 9.17) is 5.84 Å². The van der Waals surface area contributed by atoms with E-state index >= 15 is 0 Å². The van der Waals surface area contributed by atoms with Crippen LogP contribution in [-0.2, 0) is 6.54 Å². The fraction of sp³-hybridized carbons (Fsp3) is 0.643. The van der Waals surface area contributed by atoms with Crippen LogP contribution in [0, 0.1) is 0 Å². The van der Waals surface area contributed by atoms with Crippen molar-refractivity contribution >= 4 is 5.82 Å². The van der Waals surface area contributed by atoms with E-state index < -0.39 is 5.60 Å². The number of nitrogen functional groups attached to an aromatic ring is 1. The summed E-state index contributed by atoms with van der Waals surface area (Å²) >= 11 is 0. The molecule has 0 saturated carbocycles. The van der Waals surface area contributed by atoms with Crippen molar-refractivity contribution in [3.63, 3.8) is 0 Å². The van der Waals surface area contributed by atoms with Crippen LogP contribution in [0.5, 0.6) is 0 Å². The molecule has 4 N–H and O–H groups in total. The van der Waals surface area contributed by atoms with Crippen LogP contribution in [0.15, 0.2) is 18.3 Å². The van der Waals surface area contributed by atoms with Crippen molar-refractivity contribution in [2.24, 2.45) is 5.84 Å². The Kier molecular flexibility index (Phi) is 4.93. The van der Waals surface area contributed by atoms with Crippen LogP contribution in [0.1, 0.15) is 19.4 Å². The summed E-state index contributed by atoms with van der Waals surface area (Å²) in [5.41, 5.74) is 3.14.